The fourth-order valence-corrected chi connectivity index (χ4v) is 2.58. The van der Waals surface area contributed by atoms with Crippen molar-refractivity contribution in [2.45, 2.75) is 19.3 Å². The van der Waals surface area contributed by atoms with Crippen LogP contribution in [0.25, 0.3) is 0 Å². The Morgan fingerprint density at radius 1 is 1.45 bits per heavy atom. The summed E-state index contributed by atoms with van der Waals surface area (Å²) in [6.45, 7) is 0.786. The fourth-order valence-electron chi connectivity index (χ4n) is 2.35. The molecule has 20 heavy (non-hydrogen) atoms. The third-order valence-corrected chi connectivity index (χ3v) is 3.83. The van der Waals surface area contributed by atoms with Gasteiger partial charge in [0.05, 0.1) is 12.3 Å². The summed E-state index contributed by atoms with van der Waals surface area (Å²) in [5.41, 5.74) is 0.551. The maximum Gasteiger partial charge on any atom is 0.308 e. The molecule has 0 saturated carbocycles. The lowest BCUT2D eigenvalue weighted by atomic mass is 9.97. The van der Waals surface area contributed by atoms with E-state index in [1.807, 2.05) is 0 Å². The fraction of sp³-hybridized carbons (Fsp3) is 0.429. The van der Waals surface area contributed by atoms with Gasteiger partial charge in [0, 0.05) is 18.1 Å². The zero-order valence-electron chi connectivity index (χ0n) is 10.8. The van der Waals surface area contributed by atoms with Crippen LogP contribution in [0.2, 0.25) is 5.02 Å². The summed E-state index contributed by atoms with van der Waals surface area (Å²) < 4.78 is 12.9. The second kappa shape index (κ2) is 6.22. The molecule has 108 valence electrons. The lowest BCUT2D eigenvalue weighted by Gasteiger charge is -2.30. The Morgan fingerprint density at radius 2 is 2.20 bits per heavy atom. The number of nitrogens with zero attached hydrogens (tertiary/aromatic N) is 1. The van der Waals surface area contributed by atoms with Crippen molar-refractivity contribution in [3.8, 4) is 0 Å². The minimum atomic E-state index is -0.873. The number of carbonyl (C=O) groups is 2. The van der Waals surface area contributed by atoms with E-state index < -0.39 is 17.7 Å². The normalized spacial score (nSPS) is 18.9. The molecule has 1 aromatic rings. The molecule has 1 N–H and O–H groups in total. The monoisotopic (exact) mass is 299 g/mol. The van der Waals surface area contributed by atoms with E-state index in [2.05, 4.69) is 0 Å². The van der Waals surface area contributed by atoms with Gasteiger partial charge in [-0.1, -0.05) is 17.7 Å². The molecule has 0 spiro atoms. The average molecular weight is 300 g/mol. The van der Waals surface area contributed by atoms with Crippen LogP contribution < -0.4 is 0 Å². The van der Waals surface area contributed by atoms with Gasteiger partial charge in [-0.3, -0.25) is 9.59 Å². The Bertz CT molecular complexity index is 535. The molecule has 1 aliphatic rings. The first-order valence-electron chi connectivity index (χ1n) is 6.42. The van der Waals surface area contributed by atoms with Crippen molar-refractivity contribution in [2.75, 3.05) is 13.1 Å². The van der Waals surface area contributed by atoms with Gasteiger partial charge >= 0.3 is 5.97 Å². The second-order valence-electron chi connectivity index (χ2n) is 4.93. The van der Waals surface area contributed by atoms with E-state index in [1.165, 1.54) is 18.2 Å². The van der Waals surface area contributed by atoms with Gasteiger partial charge in [-0.05, 0) is 30.5 Å². The van der Waals surface area contributed by atoms with Crippen molar-refractivity contribution >= 4 is 23.5 Å². The molecule has 1 saturated heterocycles. The highest BCUT2D eigenvalue weighted by molar-refractivity contribution is 6.31. The first-order chi connectivity index (χ1) is 9.47. The molecule has 0 aliphatic carbocycles. The van der Waals surface area contributed by atoms with Gasteiger partial charge in [0.25, 0.3) is 0 Å². The van der Waals surface area contributed by atoms with E-state index in [9.17, 15) is 14.0 Å². The minimum Gasteiger partial charge on any atom is -0.481 e. The minimum absolute atomic E-state index is 0.0610. The number of rotatable bonds is 3. The number of halogens is 2. The number of likely N-dealkylation sites (tertiary alicyclic amines) is 1. The summed E-state index contributed by atoms with van der Waals surface area (Å²) in [7, 11) is 0. The first kappa shape index (κ1) is 14.8. The number of carboxylic acid groups (broad SMARTS) is 1. The van der Waals surface area contributed by atoms with Gasteiger partial charge in [-0.2, -0.15) is 0 Å². The lowest BCUT2D eigenvalue weighted by molar-refractivity contribution is -0.145. The highest BCUT2D eigenvalue weighted by Crippen LogP contribution is 2.21. The Kier molecular flexibility index (Phi) is 4.60. The second-order valence-corrected chi connectivity index (χ2v) is 5.34. The summed E-state index contributed by atoms with van der Waals surface area (Å²) >= 11 is 5.89. The predicted molar refractivity (Wildman–Crippen MR) is 72.1 cm³/mol. The molecule has 6 heteroatoms. The molecule has 0 radical (unpaired) electrons. The van der Waals surface area contributed by atoms with E-state index in [1.54, 1.807) is 4.90 Å². The van der Waals surface area contributed by atoms with Crippen molar-refractivity contribution in [1.82, 2.24) is 4.90 Å². The number of carbonyl (C=O) groups excluding carboxylic acids is 1. The van der Waals surface area contributed by atoms with Crippen LogP contribution in [0.15, 0.2) is 18.2 Å². The molecular formula is C14H15ClFNO3. The molecule has 1 aromatic carbocycles. The highest BCUT2D eigenvalue weighted by Gasteiger charge is 2.28. The predicted octanol–water partition coefficient (Wildman–Crippen LogP) is 2.34. The zero-order valence-corrected chi connectivity index (χ0v) is 11.6. The number of benzene rings is 1. The van der Waals surface area contributed by atoms with Gasteiger partial charge in [0.1, 0.15) is 5.82 Å². The van der Waals surface area contributed by atoms with Crippen LogP contribution >= 0.6 is 11.6 Å². The summed E-state index contributed by atoms with van der Waals surface area (Å²) in [6.07, 6.45) is 1.34. The lowest BCUT2D eigenvalue weighted by Crippen LogP contribution is -2.43. The van der Waals surface area contributed by atoms with E-state index >= 15 is 0 Å². The molecule has 0 bridgehead atoms. The summed E-state index contributed by atoms with van der Waals surface area (Å²) in [6, 6.07) is 3.90. The van der Waals surface area contributed by atoms with Crippen molar-refractivity contribution in [2.24, 2.45) is 5.92 Å². The van der Waals surface area contributed by atoms with E-state index in [4.69, 9.17) is 16.7 Å². The Hall–Kier alpha value is -1.62. The van der Waals surface area contributed by atoms with Gasteiger partial charge in [-0.15, -0.1) is 0 Å². The van der Waals surface area contributed by atoms with Crippen molar-refractivity contribution in [3.63, 3.8) is 0 Å². The van der Waals surface area contributed by atoms with E-state index in [-0.39, 0.29) is 23.9 Å². The number of hydrogen-bond acceptors (Lipinski definition) is 2. The van der Waals surface area contributed by atoms with E-state index in [0.29, 0.717) is 24.9 Å². The maximum absolute atomic E-state index is 12.9. The zero-order chi connectivity index (χ0) is 14.7. The number of carboxylic acids is 1. The van der Waals surface area contributed by atoms with Crippen molar-refractivity contribution in [3.05, 3.63) is 34.6 Å². The molecule has 1 heterocycles. The molecule has 1 atom stereocenters. The number of aliphatic carboxylic acids is 1. The molecular weight excluding hydrogens is 285 g/mol. The molecule has 4 nitrogen and oxygen atoms in total. The smallest absolute Gasteiger partial charge is 0.308 e. The average Bonchev–Trinajstić information content (AvgIpc) is 2.42. The Morgan fingerprint density at radius 3 is 2.85 bits per heavy atom. The topological polar surface area (TPSA) is 57.6 Å². The first-order valence-corrected chi connectivity index (χ1v) is 6.79. The molecule has 1 fully saturated rings. The van der Waals surface area contributed by atoms with Gasteiger partial charge in [0.2, 0.25) is 5.91 Å². The number of amides is 1. The van der Waals surface area contributed by atoms with Crippen LogP contribution in [0.5, 0.6) is 0 Å². The summed E-state index contributed by atoms with van der Waals surface area (Å²) in [4.78, 5) is 24.7. The van der Waals surface area contributed by atoms with E-state index in [0.717, 1.165) is 0 Å². The molecule has 0 unspecified atom stereocenters. The van der Waals surface area contributed by atoms with Crippen LogP contribution in [-0.2, 0) is 16.0 Å². The SMILES string of the molecule is O=C(O)[C@@H]1CCCN(C(=O)Cc2ccc(F)cc2Cl)C1. The standard InChI is InChI=1S/C14H15ClFNO3/c15-12-7-11(16)4-3-9(12)6-13(18)17-5-1-2-10(8-17)14(19)20/h3-4,7,10H,1-2,5-6,8H2,(H,19,20)/t10-/m1/s1. The van der Waals surface area contributed by atoms with Gasteiger partial charge < -0.3 is 10.0 Å². The van der Waals surface area contributed by atoms with Crippen LogP contribution in [0.4, 0.5) is 4.39 Å². The van der Waals surface area contributed by atoms with Gasteiger partial charge in [-0.25, -0.2) is 4.39 Å². The van der Waals surface area contributed by atoms with Crippen LogP contribution in [0.3, 0.4) is 0 Å². The third kappa shape index (κ3) is 3.48. The summed E-state index contributed by atoms with van der Waals surface area (Å²) in [5, 5.41) is 9.21. The van der Waals surface area contributed by atoms with Crippen molar-refractivity contribution in [1.29, 1.82) is 0 Å². The molecule has 1 aliphatic heterocycles. The maximum atomic E-state index is 12.9. The largest absolute Gasteiger partial charge is 0.481 e. The van der Waals surface area contributed by atoms with Crippen LogP contribution in [-0.4, -0.2) is 35.0 Å². The third-order valence-electron chi connectivity index (χ3n) is 3.48. The van der Waals surface area contributed by atoms with Crippen molar-refractivity contribution < 1.29 is 19.1 Å². The summed E-state index contributed by atoms with van der Waals surface area (Å²) in [5.74, 6) is -2.00. The molecule has 2 rings (SSSR count). The number of piperidine rings is 1. The van der Waals surface area contributed by atoms with Gasteiger partial charge in [0.15, 0.2) is 0 Å². The molecule has 0 aromatic heterocycles. The molecule has 1 amide bonds. The number of hydrogen-bond donors (Lipinski definition) is 1. The highest BCUT2D eigenvalue weighted by atomic mass is 35.5. The van der Waals surface area contributed by atoms with Crippen LogP contribution in [0.1, 0.15) is 18.4 Å². The van der Waals surface area contributed by atoms with Crippen LogP contribution in [0, 0.1) is 11.7 Å². The quantitative estimate of drug-likeness (QED) is 0.932. The Balaban J connectivity index is 2.02. The Labute approximate surface area is 121 Å².